The maximum Gasteiger partial charge on any atom is 0.141 e. The minimum absolute atomic E-state index is 0.289. The van der Waals surface area contributed by atoms with Crippen LogP contribution in [0.15, 0.2) is 35.3 Å². The number of hydrogen-bond acceptors (Lipinski definition) is 6. The molecule has 0 unspecified atom stereocenters. The molecule has 140 valence electrons. The molecule has 0 spiro atoms. The summed E-state index contributed by atoms with van der Waals surface area (Å²) >= 11 is 0. The van der Waals surface area contributed by atoms with Gasteiger partial charge in [0.05, 0.1) is 24.4 Å². The second kappa shape index (κ2) is 6.44. The summed E-state index contributed by atoms with van der Waals surface area (Å²) in [4.78, 5) is 11.7. The van der Waals surface area contributed by atoms with Gasteiger partial charge in [-0.25, -0.2) is 22.8 Å². The number of aromatic nitrogens is 5. The molecule has 0 aliphatic carbocycles. The molecular formula is C17H20N8OS. The van der Waals surface area contributed by atoms with E-state index >= 15 is 0 Å². The number of fused-ring (bicyclic) bond motifs is 1. The van der Waals surface area contributed by atoms with Gasteiger partial charge in [-0.2, -0.15) is 10.4 Å². The normalized spacial score (nSPS) is 18.6. The lowest BCUT2D eigenvalue weighted by Crippen LogP contribution is -2.64. The van der Waals surface area contributed by atoms with Crippen molar-refractivity contribution in [2.45, 2.75) is 18.9 Å². The maximum atomic E-state index is 12.8. The van der Waals surface area contributed by atoms with Crippen LogP contribution in [0.4, 0.5) is 0 Å². The van der Waals surface area contributed by atoms with E-state index in [2.05, 4.69) is 30.5 Å². The molecule has 0 saturated carbocycles. The molecule has 9 nitrogen and oxygen atoms in total. The van der Waals surface area contributed by atoms with Gasteiger partial charge in [0, 0.05) is 49.2 Å². The zero-order chi connectivity index (χ0) is 19.1. The minimum atomic E-state index is -2.39. The van der Waals surface area contributed by atoms with Gasteiger partial charge in [-0.05, 0) is 6.07 Å². The predicted molar refractivity (Wildman–Crippen MR) is 102 cm³/mol. The first kappa shape index (κ1) is 17.6. The molecule has 1 aliphatic rings. The summed E-state index contributed by atoms with van der Waals surface area (Å²) in [5.41, 5.74) is 1.91. The van der Waals surface area contributed by atoms with Crippen LogP contribution in [0.1, 0.15) is 13.3 Å². The first-order valence-corrected chi connectivity index (χ1v) is 10.3. The van der Waals surface area contributed by atoms with Crippen LogP contribution >= 0.6 is 0 Å². The highest BCUT2D eigenvalue weighted by Crippen LogP contribution is 2.36. The fraction of sp³-hybridized carbons (Fsp3) is 0.412. The molecule has 3 aromatic rings. The van der Waals surface area contributed by atoms with Crippen molar-refractivity contribution < 1.29 is 4.21 Å². The second-order valence-electron chi connectivity index (χ2n) is 6.57. The van der Waals surface area contributed by atoms with E-state index < -0.39 is 15.5 Å². The molecule has 4 heterocycles. The Morgan fingerprint density at radius 1 is 1.44 bits per heavy atom. The Labute approximate surface area is 157 Å². The molecule has 4 rings (SSSR count). The summed E-state index contributed by atoms with van der Waals surface area (Å²) in [6, 6.07) is 4.18. The fourth-order valence-corrected chi connectivity index (χ4v) is 5.27. The molecule has 1 fully saturated rings. The van der Waals surface area contributed by atoms with Gasteiger partial charge in [0.2, 0.25) is 0 Å². The Kier molecular flexibility index (Phi) is 4.20. The van der Waals surface area contributed by atoms with E-state index in [9.17, 15) is 9.47 Å². The van der Waals surface area contributed by atoms with Gasteiger partial charge in [-0.3, -0.25) is 4.68 Å². The highest BCUT2D eigenvalue weighted by atomic mass is 32.2. The third kappa shape index (κ3) is 2.70. The van der Waals surface area contributed by atoms with Crippen molar-refractivity contribution in [3.8, 4) is 17.3 Å². The number of nitrogens with zero attached hydrogens (tertiary/aromatic N) is 7. The van der Waals surface area contributed by atoms with Gasteiger partial charge >= 0.3 is 0 Å². The molecule has 1 aliphatic heterocycles. The summed E-state index contributed by atoms with van der Waals surface area (Å²) < 4.78 is 20.5. The number of nitrogens with one attached hydrogen (secondary N) is 1. The number of rotatable bonds is 5. The van der Waals surface area contributed by atoms with Gasteiger partial charge in [-0.1, -0.05) is 6.92 Å². The van der Waals surface area contributed by atoms with Crippen molar-refractivity contribution in [1.29, 1.82) is 5.26 Å². The van der Waals surface area contributed by atoms with E-state index in [4.69, 9.17) is 0 Å². The average Bonchev–Trinajstić information content (AvgIpc) is 3.33. The standard InChI is InChI=1S/C17H20N8OS/c1-3-27(26,19-2)24-10-17(11-24,5-6-18)25-9-13(8-23-25)15-14-4-7-20-16(14)22-12-21-15/h4,7-9,12H,3,5,10-11H2,1-2H3,(H,20,21,22)/t27-/m1/s1. The molecule has 0 amide bonds. The van der Waals surface area contributed by atoms with E-state index in [0.717, 1.165) is 22.3 Å². The maximum absolute atomic E-state index is 12.8. The average molecular weight is 384 g/mol. The molecule has 3 aromatic heterocycles. The van der Waals surface area contributed by atoms with Crippen molar-refractivity contribution in [1.82, 2.24) is 29.0 Å². The van der Waals surface area contributed by atoms with E-state index in [1.165, 1.54) is 6.33 Å². The predicted octanol–water partition coefficient (Wildman–Crippen LogP) is 1.78. The Hall–Kier alpha value is -2.77. The lowest BCUT2D eigenvalue weighted by atomic mass is 9.89. The van der Waals surface area contributed by atoms with Crippen LogP contribution in [-0.4, -0.2) is 59.1 Å². The summed E-state index contributed by atoms with van der Waals surface area (Å²) in [5, 5.41) is 14.8. The van der Waals surface area contributed by atoms with Crippen molar-refractivity contribution in [2.75, 3.05) is 25.9 Å². The number of nitriles is 1. The van der Waals surface area contributed by atoms with Crippen molar-refractivity contribution in [2.24, 2.45) is 4.36 Å². The molecule has 10 heteroatoms. The molecule has 27 heavy (non-hydrogen) atoms. The van der Waals surface area contributed by atoms with Crippen molar-refractivity contribution in [3.05, 3.63) is 31.0 Å². The fourth-order valence-electron chi connectivity index (χ4n) is 3.53. The van der Waals surface area contributed by atoms with Crippen molar-refractivity contribution in [3.63, 3.8) is 0 Å². The topological polar surface area (TPSA) is 116 Å². The SMILES string of the molecule is CC[S@@](=O)(=NC)N1CC(CC#N)(n2cc(-c3ncnc4[nH]ccc34)cn2)C1. The molecule has 1 saturated heterocycles. The number of aromatic amines is 1. The zero-order valence-electron chi connectivity index (χ0n) is 15.2. The summed E-state index contributed by atoms with van der Waals surface area (Å²) in [6.45, 7) is 2.83. The smallest absolute Gasteiger partial charge is 0.141 e. The van der Waals surface area contributed by atoms with E-state index in [0.29, 0.717) is 18.8 Å². The van der Waals surface area contributed by atoms with Gasteiger partial charge in [-0.15, -0.1) is 0 Å². The van der Waals surface area contributed by atoms with Crippen LogP contribution < -0.4 is 0 Å². The van der Waals surface area contributed by atoms with Gasteiger partial charge in [0.25, 0.3) is 0 Å². The quantitative estimate of drug-likeness (QED) is 0.720. The third-order valence-electron chi connectivity index (χ3n) is 5.11. The minimum Gasteiger partial charge on any atom is -0.346 e. The first-order valence-electron chi connectivity index (χ1n) is 8.64. The van der Waals surface area contributed by atoms with Gasteiger partial charge < -0.3 is 4.98 Å². The van der Waals surface area contributed by atoms with Crippen LogP contribution in [0.3, 0.4) is 0 Å². The Bertz CT molecular complexity index is 1140. The van der Waals surface area contributed by atoms with Crippen LogP contribution in [0.25, 0.3) is 22.3 Å². The molecule has 1 N–H and O–H groups in total. The molecule has 0 aromatic carbocycles. The van der Waals surface area contributed by atoms with E-state index in [1.54, 1.807) is 13.2 Å². The van der Waals surface area contributed by atoms with Crippen molar-refractivity contribution >= 4 is 20.9 Å². The summed E-state index contributed by atoms with van der Waals surface area (Å²) in [5.74, 6) is 0.461. The molecule has 0 radical (unpaired) electrons. The molecular weight excluding hydrogens is 364 g/mol. The summed E-state index contributed by atoms with van der Waals surface area (Å²) in [7, 11) is -0.805. The monoisotopic (exact) mass is 384 g/mol. The van der Waals surface area contributed by atoms with Crippen LogP contribution in [0.2, 0.25) is 0 Å². The van der Waals surface area contributed by atoms with Crippen LogP contribution in [0, 0.1) is 11.3 Å². The lowest BCUT2D eigenvalue weighted by molar-refractivity contribution is 0.0750. The zero-order valence-corrected chi connectivity index (χ0v) is 16.0. The van der Waals surface area contributed by atoms with E-state index in [-0.39, 0.29) is 6.42 Å². The molecule has 0 bridgehead atoms. The summed E-state index contributed by atoms with van der Waals surface area (Å²) in [6.07, 6.45) is 7.28. The van der Waals surface area contributed by atoms with E-state index in [1.807, 2.05) is 34.4 Å². The Morgan fingerprint density at radius 2 is 2.26 bits per heavy atom. The number of hydrogen-bond donors (Lipinski definition) is 1. The van der Waals surface area contributed by atoms with Gasteiger partial charge in [0.15, 0.2) is 0 Å². The first-order chi connectivity index (χ1) is 13.0. The third-order valence-corrected chi connectivity index (χ3v) is 7.50. The van der Waals surface area contributed by atoms with Crippen LogP contribution in [0.5, 0.6) is 0 Å². The largest absolute Gasteiger partial charge is 0.346 e. The van der Waals surface area contributed by atoms with Gasteiger partial charge in [0.1, 0.15) is 27.4 Å². The highest BCUT2D eigenvalue weighted by Gasteiger charge is 2.48. The highest BCUT2D eigenvalue weighted by molar-refractivity contribution is 7.91. The Morgan fingerprint density at radius 3 is 2.96 bits per heavy atom. The Balaban J connectivity index is 1.68. The molecule has 1 atom stereocenters. The lowest BCUT2D eigenvalue weighted by Gasteiger charge is -2.49. The van der Waals surface area contributed by atoms with Crippen LogP contribution in [-0.2, 0) is 15.5 Å². The number of H-pyrrole nitrogens is 1. The second-order valence-corrected chi connectivity index (χ2v) is 9.24.